The van der Waals surface area contributed by atoms with E-state index in [0.717, 1.165) is 16.2 Å². The van der Waals surface area contributed by atoms with E-state index in [1.54, 1.807) is 0 Å². The molecule has 7 heteroatoms. The molecule has 1 heterocycles. The smallest absolute Gasteiger partial charge is 0.330 e. The lowest BCUT2D eigenvalue weighted by atomic mass is 10.2. The third-order valence-corrected chi connectivity index (χ3v) is 3.68. The number of aryl methyl sites for hydroxylation is 1. The van der Waals surface area contributed by atoms with Crippen LogP contribution in [0.3, 0.4) is 0 Å². The van der Waals surface area contributed by atoms with Crippen LogP contribution < -0.4 is 0 Å². The number of aliphatic hydroxyl groups excluding tert-OH is 1. The van der Waals surface area contributed by atoms with Crippen LogP contribution in [0.25, 0.3) is 0 Å². The van der Waals surface area contributed by atoms with Crippen molar-refractivity contribution in [2.45, 2.75) is 38.2 Å². The molecule has 1 unspecified atom stereocenters. The normalized spacial score (nSPS) is 14.1. The first-order valence-electron chi connectivity index (χ1n) is 5.84. The molecule has 2 nitrogen and oxygen atoms in total. The van der Waals surface area contributed by atoms with Crippen LogP contribution in [0.15, 0.2) is 12.1 Å². The van der Waals surface area contributed by atoms with Gasteiger partial charge in [-0.2, -0.15) is 8.78 Å². The molecule has 0 bridgehead atoms. The molecule has 19 heavy (non-hydrogen) atoms. The van der Waals surface area contributed by atoms with Gasteiger partial charge in [-0.25, -0.2) is 8.78 Å². The van der Waals surface area contributed by atoms with Gasteiger partial charge in [0.05, 0.1) is 12.7 Å². The van der Waals surface area contributed by atoms with Crippen molar-refractivity contribution in [3.8, 4) is 0 Å². The summed E-state index contributed by atoms with van der Waals surface area (Å²) in [5.41, 5.74) is 0. The maximum absolute atomic E-state index is 12.5. The van der Waals surface area contributed by atoms with Crippen LogP contribution in [-0.4, -0.2) is 36.8 Å². The van der Waals surface area contributed by atoms with Gasteiger partial charge in [-0.05, 0) is 18.6 Å². The van der Waals surface area contributed by atoms with Gasteiger partial charge in [0.2, 0.25) is 0 Å². The summed E-state index contributed by atoms with van der Waals surface area (Å²) in [6, 6.07) is 3.78. The molecule has 0 saturated carbocycles. The highest BCUT2D eigenvalue weighted by molar-refractivity contribution is 7.11. The van der Waals surface area contributed by atoms with E-state index >= 15 is 0 Å². The van der Waals surface area contributed by atoms with E-state index in [0.29, 0.717) is 0 Å². The summed E-state index contributed by atoms with van der Waals surface area (Å²) in [4.78, 5) is 2.07. The zero-order valence-electron chi connectivity index (χ0n) is 10.4. The van der Waals surface area contributed by atoms with Crippen LogP contribution in [0.4, 0.5) is 17.6 Å². The summed E-state index contributed by atoms with van der Waals surface area (Å²) >= 11 is 1.52. The Balaban J connectivity index is 2.30. The number of hydrogen-bond acceptors (Lipinski definition) is 3. The lowest BCUT2D eigenvalue weighted by Gasteiger charge is -2.16. The van der Waals surface area contributed by atoms with E-state index in [9.17, 15) is 22.7 Å². The second-order valence-corrected chi connectivity index (χ2v) is 5.41. The van der Waals surface area contributed by atoms with E-state index in [2.05, 4.69) is 4.74 Å². The first-order valence-corrected chi connectivity index (χ1v) is 6.66. The number of ether oxygens (including phenoxy) is 1. The minimum Gasteiger partial charge on any atom is -0.390 e. The standard InChI is InChI=1S/C12H16F4O2S/c1-2-9-3-4-10(19-9)5-8(17)6-18-7-12(15,16)11(13)14/h3-4,8,11,17H,2,5-7H2,1H3. The van der Waals surface area contributed by atoms with Gasteiger partial charge < -0.3 is 9.84 Å². The number of aliphatic hydroxyl groups is 1. The van der Waals surface area contributed by atoms with Crippen LogP contribution in [0, 0.1) is 0 Å². The first-order chi connectivity index (χ1) is 8.85. The highest BCUT2D eigenvalue weighted by Gasteiger charge is 2.41. The van der Waals surface area contributed by atoms with Crippen LogP contribution in [0.1, 0.15) is 16.7 Å². The molecule has 0 spiro atoms. The number of rotatable bonds is 8. The summed E-state index contributed by atoms with van der Waals surface area (Å²) in [5.74, 6) is -4.17. The average Bonchev–Trinajstić information content (AvgIpc) is 2.76. The molecular formula is C12H16F4O2S. The van der Waals surface area contributed by atoms with Crippen molar-refractivity contribution in [1.82, 2.24) is 0 Å². The van der Waals surface area contributed by atoms with Crippen LogP contribution >= 0.6 is 11.3 Å². The molecule has 1 atom stereocenters. The van der Waals surface area contributed by atoms with Crippen LogP contribution in [-0.2, 0) is 17.6 Å². The molecule has 1 rings (SSSR count). The zero-order chi connectivity index (χ0) is 14.5. The molecule has 0 aliphatic carbocycles. The number of halogens is 4. The lowest BCUT2D eigenvalue weighted by Crippen LogP contribution is -2.34. The summed E-state index contributed by atoms with van der Waals surface area (Å²) in [6.07, 6.45) is -3.58. The Labute approximate surface area is 113 Å². The summed E-state index contributed by atoms with van der Waals surface area (Å²) in [5, 5.41) is 9.57. The highest BCUT2D eigenvalue weighted by Crippen LogP contribution is 2.23. The fraction of sp³-hybridized carbons (Fsp3) is 0.667. The number of alkyl halides is 4. The quantitative estimate of drug-likeness (QED) is 0.747. The topological polar surface area (TPSA) is 29.5 Å². The summed E-state index contributed by atoms with van der Waals surface area (Å²) < 4.78 is 53.2. The molecule has 1 aromatic heterocycles. The minimum absolute atomic E-state index is 0.269. The monoisotopic (exact) mass is 300 g/mol. The van der Waals surface area contributed by atoms with Gasteiger partial charge in [0.25, 0.3) is 0 Å². The van der Waals surface area contributed by atoms with E-state index in [1.807, 2.05) is 19.1 Å². The Morgan fingerprint density at radius 3 is 2.47 bits per heavy atom. The fourth-order valence-corrected chi connectivity index (χ4v) is 2.44. The van der Waals surface area contributed by atoms with Gasteiger partial charge in [-0.3, -0.25) is 0 Å². The molecule has 0 aliphatic rings. The maximum atomic E-state index is 12.5. The third-order valence-electron chi connectivity index (χ3n) is 2.43. The van der Waals surface area contributed by atoms with Crippen molar-refractivity contribution in [1.29, 1.82) is 0 Å². The largest absolute Gasteiger partial charge is 0.390 e. The van der Waals surface area contributed by atoms with Crippen molar-refractivity contribution < 1.29 is 27.4 Å². The van der Waals surface area contributed by atoms with E-state index in [1.165, 1.54) is 11.3 Å². The van der Waals surface area contributed by atoms with Gasteiger partial charge in [0.1, 0.15) is 6.61 Å². The third kappa shape index (κ3) is 5.46. The van der Waals surface area contributed by atoms with E-state index in [-0.39, 0.29) is 13.0 Å². The predicted molar refractivity (Wildman–Crippen MR) is 65.2 cm³/mol. The Bertz CT molecular complexity index is 382. The molecule has 0 aromatic carbocycles. The van der Waals surface area contributed by atoms with Gasteiger partial charge in [-0.15, -0.1) is 11.3 Å². The van der Waals surface area contributed by atoms with Gasteiger partial charge >= 0.3 is 12.3 Å². The first kappa shape index (κ1) is 16.4. The SMILES string of the molecule is CCc1ccc(CC(O)COCC(F)(F)C(F)F)s1. The zero-order valence-corrected chi connectivity index (χ0v) is 11.2. The maximum Gasteiger partial charge on any atom is 0.330 e. The minimum atomic E-state index is -4.17. The molecule has 0 radical (unpaired) electrons. The highest BCUT2D eigenvalue weighted by atomic mass is 32.1. The van der Waals surface area contributed by atoms with Crippen molar-refractivity contribution in [3.63, 3.8) is 0 Å². The predicted octanol–water partition coefficient (Wildman–Crippen LogP) is 3.13. The second kappa shape index (κ2) is 7.21. The summed E-state index contributed by atoms with van der Waals surface area (Å²) in [7, 11) is 0. The second-order valence-electron chi connectivity index (χ2n) is 4.16. The fourth-order valence-electron chi connectivity index (χ4n) is 1.41. The molecule has 110 valence electrons. The van der Waals surface area contributed by atoms with Gasteiger partial charge in [0, 0.05) is 16.2 Å². The van der Waals surface area contributed by atoms with Crippen molar-refractivity contribution in [2.24, 2.45) is 0 Å². The number of thiophene rings is 1. The van der Waals surface area contributed by atoms with Crippen LogP contribution in [0.5, 0.6) is 0 Å². The summed E-state index contributed by atoms with van der Waals surface area (Å²) in [6.45, 7) is 0.232. The molecule has 0 fully saturated rings. The Kier molecular flexibility index (Phi) is 6.22. The molecule has 0 aliphatic heterocycles. The molecule has 1 N–H and O–H groups in total. The molecule has 1 aromatic rings. The van der Waals surface area contributed by atoms with Crippen molar-refractivity contribution in [3.05, 3.63) is 21.9 Å². The Hall–Kier alpha value is -0.660. The molecule has 0 saturated heterocycles. The average molecular weight is 300 g/mol. The van der Waals surface area contributed by atoms with Crippen molar-refractivity contribution >= 4 is 11.3 Å². The molecule has 0 amide bonds. The lowest BCUT2D eigenvalue weighted by molar-refractivity contribution is -0.170. The Morgan fingerprint density at radius 1 is 1.32 bits per heavy atom. The van der Waals surface area contributed by atoms with E-state index in [4.69, 9.17) is 0 Å². The van der Waals surface area contributed by atoms with E-state index < -0.39 is 25.1 Å². The number of hydrogen-bond donors (Lipinski definition) is 1. The Morgan fingerprint density at radius 2 is 1.95 bits per heavy atom. The van der Waals surface area contributed by atoms with Crippen LogP contribution in [0.2, 0.25) is 0 Å². The van der Waals surface area contributed by atoms with Crippen molar-refractivity contribution in [2.75, 3.05) is 13.2 Å². The van der Waals surface area contributed by atoms with Gasteiger partial charge in [0.15, 0.2) is 0 Å². The van der Waals surface area contributed by atoms with Gasteiger partial charge in [-0.1, -0.05) is 6.92 Å². The molecular weight excluding hydrogens is 284 g/mol.